The molecule has 0 aliphatic rings. The van der Waals surface area contributed by atoms with Crippen LogP contribution in [0.3, 0.4) is 0 Å². The minimum Gasteiger partial charge on any atom is -0.497 e. The number of pyridine rings is 1. The van der Waals surface area contributed by atoms with Crippen molar-refractivity contribution in [2.75, 3.05) is 13.7 Å². The van der Waals surface area contributed by atoms with Crippen LogP contribution in [0.2, 0.25) is 0 Å². The van der Waals surface area contributed by atoms with Crippen molar-refractivity contribution in [3.8, 4) is 22.8 Å². The molecule has 2 rings (SSSR count). The molecule has 0 aliphatic carbocycles. The fourth-order valence-electron chi connectivity index (χ4n) is 1.65. The molecule has 0 atom stereocenters. The van der Waals surface area contributed by atoms with Crippen LogP contribution in [0.15, 0.2) is 36.5 Å². The highest BCUT2D eigenvalue weighted by atomic mass is 19.1. The number of ether oxygens (including phenoxy) is 2. The molecule has 0 unspecified atom stereocenters. The van der Waals surface area contributed by atoms with Crippen molar-refractivity contribution in [1.29, 1.82) is 0 Å². The fraction of sp³-hybridized carbons (Fsp3) is 0.214. The molecule has 4 heteroatoms. The first-order chi connectivity index (χ1) is 8.74. The Labute approximate surface area is 105 Å². The number of hydrogen-bond acceptors (Lipinski definition) is 3. The van der Waals surface area contributed by atoms with Gasteiger partial charge < -0.3 is 9.47 Å². The number of hydrogen-bond donors (Lipinski definition) is 0. The van der Waals surface area contributed by atoms with Crippen molar-refractivity contribution in [3.05, 3.63) is 42.3 Å². The zero-order chi connectivity index (χ0) is 13.0. The Balaban J connectivity index is 2.38. The topological polar surface area (TPSA) is 31.4 Å². The van der Waals surface area contributed by atoms with Crippen LogP contribution >= 0.6 is 0 Å². The van der Waals surface area contributed by atoms with Gasteiger partial charge >= 0.3 is 0 Å². The Morgan fingerprint density at radius 3 is 2.67 bits per heavy atom. The second kappa shape index (κ2) is 5.49. The summed E-state index contributed by atoms with van der Waals surface area (Å²) in [5.41, 5.74) is 0.971. The maximum atomic E-state index is 13.9. The molecule has 0 bridgehead atoms. The van der Waals surface area contributed by atoms with E-state index in [9.17, 15) is 4.39 Å². The SMILES string of the molecule is CCOc1ccnc(-c2ccc(OC)cc2F)c1. The number of halogens is 1. The van der Waals surface area contributed by atoms with Gasteiger partial charge in [0.1, 0.15) is 17.3 Å². The Bertz CT molecular complexity index is 543. The zero-order valence-electron chi connectivity index (χ0n) is 10.3. The summed E-state index contributed by atoms with van der Waals surface area (Å²) < 4.78 is 24.2. The maximum Gasteiger partial charge on any atom is 0.136 e. The molecule has 1 aromatic heterocycles. The Morgan fingerprint density at radius 2 is 2.00 bits per heavy atom. The van der Waals surface area contributed by atoms with Crippen molar-refractivity contribution < 1.29 is 13.9 Å². The number of benzene rings is 1. The third-order valence-electron chi connectivity index (χ3n) is 2.49. The summed E-state index contributed by atoms with van der Waals surface area (Å²) in [6, 6.07) is 8.15. The molecular weight excluding hydrogens is 233 g/mol. The molecular formula is C14H14FNO2. The molecule has 18 heavy (non-hydrogen) atoms. The lowest BCUT2D eigenvalue weighted by Gasteiger charge is -2.07. The van der Waals surface area contributed by atoms with E-state index in [4.69, 9.17) is 9.47 Å². The van der Waals surface area contributed by atoms with Crippen LogP contribution in [0.4, 0.5) is 4.39 Å². The van der Waals surface area contributed by atoms with Gasteiger partial charge in [0.2, 0.25) is 0 Å². The Morgan fingerprint density at radius 1 is 1.17 bits per heavy atom. The van der Waals surface area contributed by atoms with E-state index >= 15 is 0 Å². The number of aromatic nitrogens is 1. The number of rotatable bonds is 4. The zero-order valence-corrected chi connectivity index (χ0v) is 10.3. The summed E-state index contributed by atoms with van der Waals surface area (Å²) in [4.78, 5) is 4.15. The number of methoxy groups -OCH3 is 1. The van der Waals surface area contributed by atoms with E-state index in [1.165, 1.54) is 13.2 Å². The predicted octanol–water partition coefficient (Wildman–Crippen LogP) is 3.30. The van der Waals surface area contributed by atoms with Crippen molar-refractivity contribution in [2.24, 2.45) is 0 Å². The normalized spacial score (nSPS) is 10.2. The van der Waals surface area contributed by atoms with Gasteiger partial charge in [0.25, 0.3) is 0 Å². The second-order valence-corrected chi connectivity index (χ2v) is 3.66. The van der Waals surface area contributed by atoms with Crippen molar-refractivity contribution >= 4 is 0 Å². The third kappa shape index (κ3) is 2.59. The summed E-state index contributed by atoms with van der Waals surface area (Å²) in [6.07, 6.45) is 1.60. The minimum absolute atomic E-state index is 0.365. The molecule has 0 N–H and O–H groups in total. The molecule has 0 spiro atoms. The van der Waals surface area contributed by atoms with Crippen LogP contribution in [0.1, 0.15) is 6.92 Å². The summed E-state index contributed by atoms with van der Waals surface area (Å²) in [6.45, 7) is 2.46. The predicted molar refractivity (Wildman–Crippen MR) is 67.4 cm³/mol. The minimum atomic E-state index is -0.365. The third-order valence-corrected chi connectivity index (χ3v) is 2.49. The largest absolute Gasteiger partial charge is 0.497 e. The smallest absolute Gasteiger partial charge is 0.136 e. The monoisotopic (exact) mass is 247 g/mol. The van der Waals surface area contributed by atoms with E-state index < -0.39 is 0 Å². The van der Waals surface area contributed by atoms with Crippen LogP contribution < -0.4 is 9.47 Å². The van der Waals surface area contributed by atoms with Gasteiger partial charge in [-0.1, -0.05) is 0 Å². The number of nitrogens with zero attached hydrogens (tertiary/aromatic N) is 1. The highest BCUT2D eigenvalue weighted by Gasteiger charge is 2.08. The molecule has 1 aromatic carbocycles. The molecule has 1 heterocycles. The average Bonchev–Trinajstić information content (AvgIpc) is 2.39. The molecule has 0 fully saturated rings. The van der Waals surface area contributed by atoms with Crippen molar-refractivity contribution in [2.45, 2.75) is 6.92 Å². The van der Waals surface area contributed by atoms with Crippen LogP contribution in [0.25, 0.3) is 11.3 Å². The first-order valence-corrected chi connectivity index (χ1v) is 5.67. The highest BCUT2D eigenvalue weighted by Crippen LogP contribution is 2.26. The van der Waals surface area contributed by atoms with Gasteiger partial charge in [-0.2, -0.15) is 0 Å². The van der Waals surface area contributed by atoms with Crippen LogP contribution in [-0.2, 0) is 0 Å². The highest BCUT2D eigenvalue weighted by molar-refractivity contribution is 5.62. The van der Waals surface area contributed by atoms with E-state index in [1.807, 2.05) is 6.92 Å². The second-order valence-electron chi connectivity index (χ2n) is 3.66. The molecule has 0 radical (unpaired) electrons. The fourth-order valence-corrected chi connectivity index (χ4v) is 1.65. The van der Waals surface area contributed by atoms with Gasteiger partial charge in [0, 0.05) is 23.9 Å². The lowest BCUT2D eigenvalue weighted by atomic mass is 10.1. The Kier molecular flexibility index (Phi) is 3.77. The van der Waals surface area contributed by atoms with Gasteiger partial charge in [-0.25, -0.2) is 4.39 Å². The molecule has 3 nitrogen and oxygen atoms in total. The molecule has 0 aliphatic heterocycles. The van der Waals surface area contributed by atoms with E-state index in [0.717, 1.165) is 0 Å². The van der Waals surface area contributed by atoms with E-state index in [-0.39, 0.29) is 5.82 Å². The van der Waals surface area contributed by atoms with Gasteiger partial charge in [-0.15, -0.1) is 0 Å². The van der Waals surface area contributed by atoms with Crippen LogP contribution in [0, 0.1) is 5.82 Å². The summed E-state index contributed by atoms with van der Waals surface area (Å²) in [7, 11) is 1.50. The standard InChI is InChI=1S/C14H14FNO2/c1-3-18-11-6-7-16-14(9-11)12-5-4-10(17-2)8-13(12)15/h4-9H,3H2,1-2H3. The quantitative estimate of drug-likeness (QED) is 0.830. The first kappa shape index (κ1) is 12.4. The summed E-state index contributed by atoms with van der Waals surface area (Å²) in [5.74, 6) is 0.797. The van der Waals surface area contributed by atoms with Gasteiger partial charge in [-0.05, 0) is 25.1 Å². The molecule has 2 aromatic rings. The summed E-state index contributed by atoms with van der Waals surface area (Å²) in [5, 5.41) is 0. The molecule has 0 amide bonds. The first-order valence-electron chi connectivity index (χ1n) is 5.67. The van der Waals surface area contributed by atoms with E-state index in [1.54, 1.807) is 30.5 Å². The average molecular weight is 247 g/mol. The lowest BCUT2D eigenvalue weighted by molar-refractivity contribution is 0.340. The van der Waals surface area contributed by atoms with Gasteiger partial charge in [-0.3, -0.25) is 4.98 Å². The molecule has 94 valence electrons. The van der Waals surface area contributed by atoms with E-state index in [2.05, 4.69) is 4.98 Å². The maximum absolute atomic E-state index is 13.9. The summed E-state index contributed by atoms with van der Waals surface area (Å²) >= 11 is 0. The molecule has 0 saturated carbocycles. The van der Waals surface area contributed by atoms with Gasteiger partial charge in [0.05, 0.1) is 19.4 Å². The van der Waals surface area contributed by atoms with Gasteiger partial charge in [0.15, 0.2) is 0 Å². The Hall–Kier alpha value is -2.10. The molecule has 0 saturated heterocycles. The van der Waals surface area contributed by atoms with E-state index in [0.29, 0.717) is 29.4 Å². The van der Waals surface area contributed by atoms with Crippen molar-refractivity contribution in [1.82, 2.24) is 4.98 Å². The van der Waals surface area contributed by atoms with Crippen LogP contribution in [-0.4, -0.2) is 18.7 Å². The van der Waals surface area contributed by atoms with Crippen LogP contribution in [0.5, 0.6) is 11.5 Å². The van der Waals surface area contributed by atoms with Crippen molar-refractivity contribution in [3.63, 3.8) is 0 Å². The lowest BCUT2D eigenvalue weighted by Crippen LogP contribution is -1.94.